The van der Waals surface area contributed by atoms with Crippen molar-refractivity contribution in [3.8, 4) is 11.8 Å². The van der Waals surface area contributed by atoms with Gasteiger partial charge in [0.1, 0.15) is 11.0 Å². The summed E-state index contributed by atoms with van der Waals surface area (Å²) >= 11 is 0. The lowest BCUT2D eigenvalue weighted by Crippen LogP contribution is -2.04. The second-order valence-electron chi connectivity index (χ2n) is 7.06. The van der Waals surface area contributed by atoms with E-state index in [4.69, 9.17) is 9.47 Å². The van der Waals surface area contributed by atoms with Crippen molar-refractivity contribution in [2.45, 2.75) is 12.8 Å². The highest BCUT2D eigenvalue weighted by Gasteiger charge is 2.10. The monoisotopic (exact) mass is 406 g/mol. The van der Waals surface area contributed by atoms with Gasteiger partial charge in [0.05, 0.1) is 35.4 Å². The number of carbonyl (C=O) groups excluding carboxylic acids is 2. The molecule has 0 amide bonds. The zero-order valence-corrected chi connectivity index (χ0v) is 16.9. The molecule has 0 aliphatic heterocycles. The van der Waals surface area contributed by atoms with Crippen LogP contribution >= 0.6 is 0 Å². The summed E-state index contributed by atoms with van der Waals surface area (Å²) in [6.07, 6.45) is 6.67. The van der Waals surface area contributed by atoms with E-state index in [0.29, 0.717) is 47.1 Å². The molecule has 0 atom stereocenters. The first-order valence-corrected chi connectivity index (χ1v) is 9.69. The average Bonchev–Trinajstić information content (AvgIpc) is 3.26. The van der Waals surface area contributed by atoms with E-state index in [1.807, 2.05) is 35.4 Å². The first kappa shape index (κ1) is 19.6. The van der Waals surface area contributed by atoms with Crippen molar-refractivity contribution in [3.05, 3.63) is 47.8 Å². The minimum Gasteiger partial charge on any atom is -0.478 e. The molecule has 0 unspecified atom stereocenters. The standard InChI is InChI=1S/C22H22N4O4/c1-25-11-15(13-27)21-17(25)5-7-19(23-21)29-9-3-4-10-30-20-8-6-18-22(24-20)16(14-28)12-26(18)2/h5-8,11-14H,3-4,9-10H2,1-2H3. The first-order chi connectivity index (χ1) is 14.6. The summed E-state index contributed by atoms with van der Waals surface area (Å²) in [5, 5.41) is 0. The molecule has 0 spiro atoms. The SMILES string of the molecule is Cn1cc(C=O)c2nc(OCCCCOc3ccc4c(n3)c(C=O)cn4C)ccc21. The van der Waals surface area contributed by atoms with Crippen molar-refractivity contribution >= 4 is 34.6 Å². The van der Waals surface area contributed by atoms with Crippen LogP contribution in [0.4, 0.5) is 0 Å². The zero-order chi connectivity index (χ0) is 21.1. The van der Waals surface area contributed by atoms with Crippen LogP contribution in [0, 0.1) is 0 Å². The lowest BCUT2D eigenvalue weighted by atomic mass is 10.3. The molecule has 4 rings (SSSR count). The highest BCUT2D eigenvalue weighted by molar-refractivity contribution is 5.96. The molecule has 0 aromatic carbocycles. The van der Waals surface area contributed by atoms with Crippen LogP contribution in [0.3, 0.4) is 0 Å². The summed E-state index contributed by atoms with van der Waals surface area (Å²) in [5.41, 5.74) is 4.16. The summed E-state index contributed by atoms with van der Waals surface area (Å²) < 4.78 is 15.2. The van der Waals surface area contributed by atoms with E-state index in [9.17, 15) is 9.59 Å². The molecule has 8 nitrogen and oxygen atoms in total. The number of pyridine rings is 2. The van der Waals surface area contributed by atoms with Crippen LogP contribution in [0.25, 0.3) is 22.1 Å². The van der Waals surface area contributed by atoms with Crippen LogP contribution in [0.15, 0.2) is 36.7 Å². The number of ether oxygens (including phenoxy) is 2. The number of hydrogen-bond acceptors (Lipinski definition) is 6. The minimum absolute atomic E-state index is 0.492. The van der Waals surface area contributed by atoms with E-state index in [1.165, 1.54) is 0 Å². The van der Waals surface area contributed by atoms with Gasteiger partial charge in [0.15, 0.2) is 12.6 Å². The quantitative estimate of drug-likeness (QED) is 0.313. The summed E-state index contributed by atoms with van der Waals surface area (Å²) in [5.74, 6) is 0.991. The maximum absolute atomic E-state index is 11.2. The van der Waals surface area contributed by atoms with Crippen LogP contribution in [0.1, 0.15) is 33.6 Å². The number of fused-ring (bicyclic) bond motifs is 2. The van der Waals surface area contributed by atoms with Crippen LogP contribution in [-0.2, 0) is 14.1 Å². The van der Waals surface area contributed by atoms with Gasteiger partial charge in [0.25, 0.3) is 0 Å². The Balaban J connectivity index is 1.28. The molecule has 0 saturated heterocycles. The Labute approximate surface area is 173 Å². The van der Waals surface area contributed by atoms with Crippen molar-refractivity contribution in [3.63, 3.8) is 0 Å². The molecule has 4 aromatic rings. The Kier molecular flexibility index (Phi) is 5.47. The topological polar surface area (TPSA) is 88.2 Å². The molecule has 0 radical (unpaired) electrons. The molecule has 4 aromatic heterocycles. The third kappa shape index (κ3) is 3.76. The molecule has 0 aliphatic rings. The van der Waals surface area contributed by atoms with Gasteiger partial charge in [0.2, 0.25) is 11.8 Å². The smallest absolute Gasteiger partial charge is 0.213 e. The van der Waals surface area contributed by atoms with E-state index >= 15 is 0 Å². The maximum Gasteiger partial charge on any atom is 0.213 e. The minimum atomic E-state index is 0.492. The molecule has 0 aliphatic carbocycles. The summed E-state index contributed by atoms with van der Waals surface area (Å²) in [6.45, 7) is 0.983. The van der Waals surface area contributed by atoms with E-state index in [0.717, 1.165) is 36.4 Å². The van der Waals surface area contributed by atoms with Crippen molar-refractivity contribution in [1.29, 1.82) is 0 Å². The highest BCUT2D eigenvalue weighted by atomic mass is 16.5. The molecule has 30 heavy (non-hydrogen) atoms. The van der Waals surface area contributed by atoms with Crippen molar-refractivity contribution in [1.82, 2.24) is 19.1 Å². The predicted octanol–water partition coefficient (Wildman–Crippen LogP) is 3.32. The average molecular weight is 406 g/mol. The summed E-state index contributed by atoms with van der Waals surface area (Å²) in [7, 11) is 3.75. The normalized spacial score (nSPS) is 11.1. The van der Waals surface area contributed by atoms with E-state index in [-0.39, 0.29) is 0 Å². The van der Waals surface area contributed by atoms with Crippen LogP contribution < -0.4 is 9.47 Å². The van der Waals surface area contributed by atoms with Gasteiger partial charge in [-0.15, -0.1) is 0 Å². The Morgan fingerprint density at radius 3 is 1.60 bits per heavy atom. The van der Waals surface area contributed by atoms with Gasteiger partial charge in [-0.05, 0) is 25.0 Å². The molecule has 4 heterocycles. The number of hydrogen-bond donors (Lipinski definition) is 0. The number of nitrogens with zero attached hydrogens (tertiary/aromatic N) is 4. The highest BCUT2D eigenvalue weighted by Crippen LogP contribution is 2.22. The molecular formula is C22H22N4O4. The van der Waals surface area contributed by atoms with E-state index in [2.05, 4.69) is 9.97 Å². The fourth-order valence-corrected chi connectivity index (χ4v) is 3.43. The van der Waals surface area contributed by atoms with E-state index in [1.54, 1.807) is 24.5 Å². The largest absolute Gasteiger partial charge is 0.478 e. The molecule has 0 N–H and O–H groups in total. The second-order valence-corrected chi connectivity index (χ2v) is 7.06. The Morgan fingerprint density at radius 2 is 1.20 bits per heavy atom. The van der Waals surface area contributed by atoms with E-state index < -0.39 is 0 Å². The molecule has 0 bridgehead atoms. The number of rotatable bonds is 9. The summed E-state index contributed by atoms with van der Waals surface area (Å²) in [4.78, 5) is 31.2. The van der Waals surface area contributed by atoms with Gasteiger partial charge >= 0.3 is 0 Å². The molecular weight excluding hydrogens is 384 g/mol. The Bertz CT molecular complexity index is 1130. The number of aromatic nitrogens is 4. The summed E-state index contributed by atoms with van der Waals surface area (Å²) in [6, 6.07) is 7.40. The first-order valence-electron chi connectivity index (χ1n) is 9.69. The molecule has 0 saturated carbocycles. The van der Waals surface area contributed by atoms with Gasteiger partial charge in [-0.1, -0.05) is 0 Å². The second kappa shape index (κ2) is 8.36. The number of carbonyl (C=O) groups is 2. The number of unbranched alkanes of at least 4 members (excludes halogenated alkanes) is 1. The van der Waals surface area contributed by atoms with Crippen molar-refractivity contribution in [2.75, 3.05) is 13.2 Å². The fourth-order valence-electron chi connectivity index (χ4n) is 3.43. The van der Waals surface area contributed by atoms with Gasteiger partial charge in [-0.25, -0.2) is 9.97 Å². The molecule has 8 heteroatoms. The van der Waals surface area contributed by atoms with Gasteiger partial charge in [-0.2, -0.15) is 0 Å². The van der Waals surface area contributed by atoms with Crippen LogP contribution in [0.2, 0.25) is 0 Å². The van der Waals surface area contributed by atoms with Gasteiger partial charge in [-0.3, -0.25) is 9.59 Å². The van der Waals surface area contributed by atoms with Crippen molar-refractivity contribution in [2.24, 2.45) is 14.1 Å². The fraction of sp³-hybridized carbons (Fsp3) is 0.273. The number of aryl methyl sites for hydroxylation is 2. The lowest BCUT2D eigenvalue weighted by Gasteiger charge is -2.07. The Morgan fingerprint density at radius 1 is 0.767 bits per heavy atom. The molecule has 0 fully saturated rings. The van der Waals surface area contributed by atoms with Gasteiger partial charge in [0, 0.05) is 38.6 Å². The zero-order valence-electron chi connectivity index (χ0n) is 16.9. The predicted molar refractivity (Wildman–Crippen MR) is 112 cm³/mol. The van der Waals surface area contributed by atoms with Gasteiger partial charge < -0.3 is 18.6 Å². The number of aldehydes is 2. The maximum atomic E-state index is 11.2. The lowest BCUT2D eigenvalue weighted by molar-refractivity contribution is 0.111. The third-order valence-corrected chi connectivity index (χ3v) is 4.96. The molecule has 154 valence electrons. The third-order valence-electron chi connectivity index (χ3n) is 4.96. The van der Waals surface area contributed by atoms with Crippen molar-refractivity contribution < 1.29 is 19.1 Å². The van der Waals surface area contributed by atoms with Crippen LogP contribution in [0.5, 0.6) is 11.8 Å². The Hall–Kier alpha value is -3.68. The van der Waals surface area contributed by atoms with Crippen LogP contribution in [-0.4, -0.2) is 44.9 Å².